The van der Waals surface area contributed by atoms with Gasteiger partial charge in [-0.05, 0) is 42.7 Å². The first-order chi connectivity index (χ1) is 19.4. The van der Waals surface area contributed by atoms with Gasteiger partial charge in [-0.1, -0.05) is 38.0 Å². The van der Waals surface area contributed by atoms with Crippen LogP contribution in [0.25, 0.3) is 0 Å². The normalized spacial score (nSPS) is 14.5. The molecule has 0 bridgehead atoms. The van der Waals surface area contributed by atoms with Crippen molar-refractivity contribution in [1.29, 1.82) is 0 Å². The number of benzene rings is 2. The van der Waals surface area contributed by atoms with Gasteiger partial charge in [-0.3, -0.25) is 14.3 Å². The number of aromatic nitrogens is 1. The molecule has 0 fully saturated rings. The number of unbranched alkanes of at least 4 members (excludes halogenated alkanes) is 1. The number of nitrogens with zero attached hydrogens (tertiary/aromatic N) is 1. The van der Waals surface area contributed by atoms with Crippen LogP contribution in [-0.4, -0.2) is 66.0 Å². The summed E-state index contributed by atoms with van der Waals surface area (Å²) in [5, 5.41) is 29.0. The van der Waals surface area contributed by atoms with Gasteiger partial charge in [0.2, 0.25) is 10.0 Å². The summed E-state index contributed by atoms with van der Waals surface area (Å²) in [4.78, 5) is 29.8. The lowest BCUT2D eigenvalue weighted by molar-refractivity contribution is -0.0238. The van der Waals surface area contributed by atoms with Crippen molar-refractivity contribution < 1.29 is 37.0 Å². The number of amides is 2. The topological polar surface area (TPSA) is 158 Å². The summed E-state index contributed by atoms with van der Waals surface area (Å²) in [6.07, 6.45) is -1.02. The van der Waals surface area contributed by atoms with E-state index in [1.165, 1.54) is 5.38 Å². The predicted octanol–water partition coefficient (Wildman–Crippen LogP) is 2.84. The van der Waals surface area contributed by atoms with Crippen molar-refractivity contribution in [2.75, 3.05) is 11.0 Å². The van der Waals surface area contributed by atoms with Gasteiger partial charge < -0.3 is 20.8 Å². The van der Waals surface area contributed by atoms with Crippen LogP contribution in [0.15, 0.2) is 53.9 Å². The number of sulfonamides is 1. The number of aliphatic hydroxyl groups is 2. The molecule has 1 aromatic heterocycles. The molecule has 14 heteroatoms. The van der Waals surface area contributed by atoms with Gasteiger partial charge in [0.1, 0.15) is 29.5 Å². The Balaban J connectivity index is 1.87. The molecule has 5 N–H and O–H groups in total. The van der Waals surface area contributed by atoms with Crippen LogP contribution in [0.5, 0.6) is 0 Å². The molecule has 0 spiro atoms. The molecule has 0 aliphatic rings. The Morgan fingerprint density at radius 2 is 1.59 bits per heavy atom. The molecule has 0 aliphatic carbocycles. The summed E-state index contributed by atoms with van der Waals surface area (Å²) in [5.41, 5.74) is 0.256. The monoisotopic (exact) mass is 610 g/mol. The lowest BCUT2D eigenvalue weighted by Crippen LogP contribution is -2.56. The second-order valence-electron chi connectivity index (χ2n) is 9.54. The summed E-state index contributed by atoms with van der Waals surface area (Å²) in [7, 11) is -3.65. The number of aliphatic hydroxyl groups excluding tert-OH is 2. The molecule has 4 unspecified atom stereocenters. The van der Waals surface area contributed by atoms with Crippen molar-refractivity contribution >= 4 is 38.3 Å². The average Bonchev–Trinajstić information content (AvgIpc) is 3.36. The Hall–Kier alpha value is -3.46. The van der Waals surface area contributed by atoms with Crippen LogP contribution in [0.4, 0.5) is 13.9 Å². The molecule has 3 aromatic rings. The van der Waals surface area contributed by atoms with E-state index in [-0.39, 0.29) is 22.8 Å². The van der Waals surface area contributed by atoms with Gasteiger partial charge in [0, 0.05) is 17.0 Å². The van der Waals surface area contributed by atoms with Crippen molar-refractivity contribution in [3.05, 3.63) is 82.4 Å². The molecule has 0 saturated heterocycles. The molecule has 1 heterocycles. The van der Waals surface area contributed by atoms with E-state index in [0.717, 1.165) is 36.1 Å². The summed E-state index contributed by atoms with van der Waals surface area (Å²) in [6.45, 7) is 1.92. The van der Waals surface area contributed by atoms with Gasteiger partial charge in [-0.2, -0.15) is 0 Å². The van der Waals surface area contributed by atoms with Crippen LogP contribution in [0, 0.1) is 11.6 Å². The number of carbonyl (C=O) groups excluding carboxylic acids is 2. The van der Waals surface area contributed by atoms with Crippen LogP contribution in [0.2, 0.25) is 0 Å². The number of nitrogens with one attached hydrogen (secondary N) is 3. The number of carbonyl (C=O) groups is 2. The van der Waals surface area contributed by atoms with E-state index < -0.39 is 57.8 Å². The minimum atomic E-state index is -3.65. The zero-order valence-corrected chi connectivity index (χ0v) is 24.0. The first-order valence-corrected chi connectivity index (χ1v) is 15.5. The second kappa shape index (κ2) is 14.4. The van der Waals surface area contributed by atoms with E-state index in [2.05, 4.69) is 20.3 Å². The highest BCUT2D eigenvalue weighted by Crippen LogP contribution is 2.20. The highest BCUT2D eigenvalue weighted by Gasteiger charge is 2.34. The van der Waals surface area contributed by atoms with Crippen molar-refractivity contribution in [3.8, 4) is 0 Å². The van der Waals surface area contributed by atoms with Crippen molar-refractivity contribution in [2.45, 2.75) is 56.9 Å². The summed E-state index contributed by atoms with van der Waals surface area (Å²) in [6, 6.07) is 8.82. The van der Waals surface area contributed by atoms with Gasteiger partial charge in [0.05, 0.1) is 18.3 Å². The van der Waals surface area contributed by atoms with E-state index >= 15 is 0 Å². The number of halogens is 2. The van der Waals surface area contributed by atoms with E-state index in [9.17, 15) is 37.0 Å². The third-order valence-corrected chi connectivity index (χ3v) is 7.55. The van der Waals surface area contributed by atoms with Gasteiger partial charge >= 0.3 is 0 Å². The molecule has 222 valence electrons. The Kier molecular flexibility index (Phi) is 11.3. The molecule has 4 atom stereocenters. The number of thiazole rings is 1. The zero-order chi connectivity index (χ0) is 30.2. The minimum Gasteiger partial charge on any atom is -0.388 e. The quantitative estimate of drug-likeness (QED) is 0.188. The molecule has 0 aliphatic heterocycles. The highest BCUT2D eigenvalue weighted by atomic mass is 32.2. The fourth-order valence-corrected chi connectivity index (χ4v) is 5.68. The maximum absolute atomic E-state index is 13.9. The SMILES string of the molecule is CCCCC(NC(=O)c1ccccc1)C(O)C(O)C(Cc1cc(F)cc(F)c1)NC(=O)c1csc(NS(C)(=O)=O)n1. The van der Waals surface area contributed by atoms with E-state index in [4.69, 9.17) is 0 Å². The fraction of sp³-hybridized carbons (Fsp3) is 0.370. The maximum Gasteiger partial charge on any atom is 0.271 e. The van der Waals surface area contributed by atoms with E-state index in [1.807, 2.05) is 6.92 Å². The Bertz CT molecular complexity index is 1420. The Morgan fingerprint density at radius 3 is 2.20 bits per heavy atom. The number of hydrogen-bond donors (Lipinski definition) is 5. The molecule has 0 radical (unpaired) electrons. The smallest absolute Gasteiger partial charge is 0.271 e. The largest absolute Gasteiger partial charge is 0.388 e. The molecule has 10 nitrogen and oxygen atoms in total. The van der Waals surface area contributed by atoms with Gasteiger partial charge in [0.15, 0.2) is 5.13 Å². The van der Waals surface area contributed by atoms with Crippen molar-refractivity contribution in [3.63, 3.8) is 0 Å². The average molecular weight is 611 g/mol. The van der Waals surface area contributed by atoms with Gasteiger partial charge in [0.25, 0.3) is 11.8 Å². The van der Waals surface area contributed by atoms with Crippen LogP contribution in [0.3, 0.4) is 0 Å². The van der Waals surface area contributed by atoms with Crippen molar-refractivity contribution in [1.82, 2.24) is 15.6 Å². The lowest BCUT2D eigenvalue weighted by atomic mass is 9.91. The number of hydrogen-bond acceptors (Lipinski definition) is 8. The first kappa shape index (κ1) is 32.1. The molecular weight excluding hydrogens is 578 g/mol. The third-order valence-electron chi connectivity index (χ3n) is 6.10. The summed E-state index contributed by atoms with van der Waals surface area (Å²) in [5.74, 6) is -3.03. The number of anilines is 1. The van der Waals surface area contributed by atoms with E-state index in [0.29, 0.717) is 24.5 Å². The Morgan fingerprint density at radius 1 is 0.976 bits per heavy atom. The molecule has 2 aromatic carbocycles. The fourth-order valence-electron chi connectivity index (χ4n) is 4.14. The second-order valence-corrected chi connectivity index (χ2v) is 12.1. The summed E-state index contributed by atoms with van der Waals surface area (Å²) >= 11 is 0.852. The Labute approximate surface area is 240 Å². The van der Waals surface area contributed by atoms with Crippen LogP contribution < -0.4 is 15.4 Å². The van der Waals surface area contributed by atoms with Crippen molar-refractivity contribution in [2.24, 2.45) is 0 Å². The predicted molar refractivity (Wildman–Crippen MR) is 151 cm³/mol. The molecule has 41 heavy (non-hydrogen) atoms. The summed E-state index contributed by atoms with van der Waals surface area (Å²) < 4.78 is 53.0. The first-order valence-electron chi connectivity index (χ1n) is 12.8. The lowest BCUT2D eigenvalue weighted by Gasteiger charge is -2.33. The molecule has 2 amide bonds. The zero-order valence-electron chi connectivity index (χ0n) is 22.4. The van der Waals surface area contributed by atoms with E-state index in [1.54, 1.807) is 30.3 Å². The standard InChI is InChI=1S/C27H32F2N4O6S2/c1-3-4-10-20(30-25(36)17-8-6-5-7-9-17)23(34)24(35)21(13-16-11-18(28)14-19(29)12-16)31-26(37)22-15-40-27(32-22)33-41(2,38)39/h5-9,11-12,14-15,20-21,23-24,34-35H,3-4,10,13H2,1-2H3,(H,30,36)(H,31,37)(H,32,33). The van der Waals surface area contributed by atoms with Crippen LogP contribution in [0.1, 0.15) is 52.6 Å². The van der Waals surface area contributed by atoms with Gasteiger partial charge in [-0.25, -0.2) is 22.2 Å². The molecule has 3 rings (SSSR count). The van der Waals surface area contributed by atoms with Crippen LogP contribution >= 0.6 is 11.3 Å². The molecule has 0 saturated carbocycles. The van der Waals surface area contributed by atoms with Crippen LogP contribution in [-0.2, 0) is 16.4 Å². The molecular formula is C27H32F2N4O6S2. The number of rotatable bonds is 14. The van der Waals surface area contributed by atoms with Gasteiger partial charge in [-0.15, -0.1) is 11.3 Å². The maximum atomic E-state index is 13.9. The minimum absolute atomic E-state index is 0.0646. The highest BCUT2D eigenvalue weighted by molar-refractivity contribution is 7.92. The third kappa shape index (κ3) is 9.85.